The normalized spacial score (nSPS) is 16.5. The van der Waals surface area contributed by atoms with Crippen molar-refractivity contribution in [2.75, 3.05) is 0 Å². The lowest BCUT2D eigenvalue weighted by Gasteiger charge is -2.23. The van der Waals surface area contributed by atoms with E-state index in [1.807, 2.05) is 0 Å². The van der Waals surface area contributed by atoms with Crippen molar-refractivity contribution < 1.29 is 22.4 Å². The number of carbonyl (C=O) groups excluding carboxylic acids is 1. The Morgan fingerprint density at radius 2 is 1.88 bits per heavy atom. The average Bonchev–Trinajstić information content (AvgIpc) is 2.96. The summed E-state index contributed by atoms with van der Waals surface area (Å²) in [6.45, 7) is 0. The molecule has 1 amide bonds. The van der Waals surface area contributed by atoms with Gasteiger partial charge in [0, 0.05) is 22.6 Å². The Morgan fingerprint density at radius 1 is 1.08 bits per heavy atom. The highest BCUT2D eigenvalue weighted by Gasteiger charge is 2.26. The van der Waals surface area contributed by atoms with Crippen molar-refractivity contribution in [3.8, 4) is 0 Å². The standard InChI is InChI=1S/C19H14F4N2O/c20-9-1-3-11-13-8-10(2-6-15(13)25-16(11)7-9)24-19(26)12-4-5-14(21)18(23)17(12)22/h1,3-5,7,10,25H,2,6,8H2,(H,24,26). The minimum atomic E-state index is -1.66. The second-order valence-electron chi connectivity index (χ2n) is 6.41. The average molecular weight is 362 g/mol. The summed E-state index contributed by atoms with van der Waals surface area (Å²) in [6.07, 6.45) is 1.72. The van der Waals surface area contributed by atoms with Crippen molar-refractivity contribution in [2.24, 2.45) is 0 Å². The Kier molecular flexibility index (Phi) is 3.94. The van der Waals surface area contributed by atoms with Crippen molar-refractivity contribution in [3.63, 3.8) is 0 Å². The molecular weight excluding hydrogens is 348 g/mol. The van der Waals surface area contributed by atoms with Crippen LogP contribution in [0.1, 0.15) is 28.0 Å². The summed E-state index contributed by atoms with van der Waals surface area (Å²) in [4.78, 5) is 15.4. The molecule has 0 fully saturated rings. The van der Waals surface area contributed by atoms with E-state index in [9.17, 15) is 22.4 Å². The summed E-state index contributed by atoms with van der Waals surface area (Å²) < 4.78 is 53.5. The molecule has 3 aromatic rings. The van der Waals surface area contributed by atoms with Gasteiger partial charge in [-0.25, -0.2) is 17.6 Å². The van der Waals surface area contributed by atoms with Crippen LogP contribution in [-0.4, -0.2) is 16.9 Å². The number of hydrogen-bond donors (Lipinski definition) is 2. The molecule has 26 heavy (non-hydrogen) atoms. The molecule has 1 unspecified atom stereocenters. The first-order valence-corrected chi connectivity index (χ1v) is 8.17. The number of amides is 1. The van der Waals surface area contributed by atoms with E-state index in [1.165, 1.54) is 12.1 Å². The van der Waals surface area contributed by atoms with Crippen LogP contribution in [0.15, 0.2) is 30.3 Å². The van der Waals surface area contributed by atoms with Crippen LogP contribution >= 0.6 is 0 Å². The lowest BCUT2D eigenvalue weighted by atomic mass is 9.91. The van der Waals surface area contributed by atoms with E-state index in [-0.39, 0.29) is 11.9 Å². The van der Waals surface area contributed by atoms with Crippen LogP contribution < -0.4 is 5.32 Å². The molecule has 1 aliphatic carbocycles. The first-order valence-electron chi connectivity index (χ1n) is 8.17. The van der Waals surface area contributed by atoms with E-state index in [1.54, 1.807) is 6.07 Å². The maximum atomic E-state index is 13.8. The zero-order valence-electron chi connectivity index (χ0n) is 13.5. The van der Waals surface area contributed by atoms with E-state index in [4.69, 9.17) is 0 Å². The van der Waals surface area contributed by atoms with Gasteiger partial charge in [0.05, 0.1) is 5.56 Å². The number of aromatic nitrogens is 1. The molecule has 0 aliphatic heterocycles. The van der Waals surface area contributed by atoms with E-state index >= 15 is 0 Å². The molecule has 3 nitrogen and oxygen atoms in total. The van der Waals surface area contributed by atoms with Crippen LogP contribution in [0, 0.1) is 23.3 Å². The second kappa shape index (κ2) is 6.16. The second-order valence-corrected chi connectivity index (χ2v) is 6.41. The molecule has 0 saturated heterocycles. The third-order valence-corrected chi connectivity index (χ3v) is 4.76. The zero-order valence-corrected chi connectivity index (χ0v) is 13.5. The fraction of sp³-hybridized carbons (Fsp3) is 0.211. The minimum absolute atomic E-state index is 0.286. The summed E-state index contributed by atoms with van der Waals surface area (Å²) in [6, 6.07) is 5.82. The van der Waals surface area contributed by atoms with Gasteiger partial charge in [-0.3, -0.25) is 4.79 Å². The predicted octanol–water partition coefficient (Wildman–Crippen LogP) is 4.01. The molecule has 7 heteroatoms. The fourth-order valence-corrected chi connectivity index (χ4v) is 3.48. The first kappa shape index (κ1) is 16.6. The molecule has 0 saturated carbocycles. The number of H-pyrrole nitrogens is 1. The van der Waals surface area contributed by atoms with Gasteiger partial charge < -0.3 is 10.3 Å². The number of fused-ring (bicyclic) bond motifs is 3. The van der Waals surface area contributed by atoms with E-state index in [0.29, 0.717) is 24.8 Å². The number of aromatic amines is 1. The van der Waals surface area contributed by atoms with Gasteiger partial charge >= 0.3 is 0 Å². The molecule has 0 bridgehead atoms. The van der Waals surface area contributed by atoms with Gasteiger partial charge in [-0.15, -0.1) is 0 Å². The van der Waals surface area contributed by atoms with Crippen LogP contribution in [0.5, 0.6) is 0 Å². The molecule has 4 rings (SSSR count). The van der Waals surface area contributed by atoms with Gasteiger partial charge in [-0.05, 0) is 55.2 Å². The van der Waals surface area contributed by atoms with Gasteiger partial charge in [0.2, 0.25) is 0 Å². The summed E-state index contributed by atoms with van der Waals surface area (Å²) in [5, 5.41) is 3.55. The predicted molar refractivity (Wildman–Crippen MR) is 87.9 cm³/mol. The van der Waals surface area contributed by atoms with Crippen molar-refractivity contribution >= 4 is 16.8 Å². The van der Waals surface area contributed by atoms with Crippen LogP contribution in [0.25, 0.3) is 10.9 Å². The highest BCUT2D eigenvalue weighted by molar-refractivity contribution is 5.95. The van der Waals surface area contributed by atoms with Gasteiger partial charge in [-0.2, -0.15) is 0 Å². The highest BCUT2D eigenvalue weighted by atomic mass is 19.2. The Morgan fingerprint density at radius 3 is 2.69 bits per heavy atom. The first-order chi connectivity index (χ1) is 12.4. The topological polar surface area (TPSA) is 44.9 Å². The van der Waals surface area contributed by atoms with Crippen LogP contribution in [0.3, 0.4) is 0 Å². The maximum absolute atomic E-state index is 13.8. The number of hydrogen-bond acceptors (Lipinski definition) is 1. The molecule has 0 radical (unpaired) electrons. The maximum Gasteiger partial charge on any atom is 0.254 e. The summed E-state index contributed by atoms with van der Waals surface area (Å²) >= 11 is 0. The molecule has 2 aromatic carbocycles. The number of aryl methyl sites for hydroxylation is 1. The van der Waals surface area contributed by atoms with E-state index in [2.05, 4.69) is 10.3 Å². The van der Waals surface area contributed by atoms with Gasteiger partial charge in [0.1, 0.15) is 5.82 Å². The molecule has 1 heterocycles. The van der Waals surface area contributed by atoms with Gasteiger partial charge in [-0.1, -0.05) is 0 Å². The van der Waals surface area contributed by atoms with Crippen molar-refractivity contribution in [3.05, 3.63) is 70.4 Å². The highest BCUT2D eigenvalue weighted by Crippen LogP contribution is 2.30. The number of carbonyl (C=O) groups is 1. The Balaban J connectivity index is 1.57. The van der Waals surface area contributed by atoms with Gasteiger partial charge in [0.25, 0.3) is 5.91 Å². The number of benzene rings is 2. The quantitative estimate of drug-likeness (QED) is 0.525. The Labute approximate surface area is 146 Å². The number of nitrogens with one attached hydrogen (secondary N) is 2. The molecule has 1 aliphatic rings. The van der Waals surface area contributed by atoms with Crippen LogP contribution in [0.4, 0.5) is 17.6 Å². The largest absolute Gasteiger partial charge is 0.358 e. The Hall–Kier alpha value is -2.83. The van der Waals surface area contributed by atoms with E-state index < -0.39 is 28.9 Å². The Bertz CT molecular complexity index is 1030. The lowest BCUT2D eigenvalue weighted by Crippen LogP contribution is -2.39. The molecule has 2 N–H and O–H groups in total. The lowest BCUT2D eigenvalue weighted by molar-refractivity contribution is 0.0928. The fourth-order valence-electron chi connectivity index (χ4n) is 3.48. The number of rotatable bonds is 2. The van der Waals surface area contributed by atoms with E-state index in [0.717, 1.165) is 28.8 Å². The third kappa shape index (κ3) is 2.73. The molecule has 134 valence electrons. The third-order valence-electron chi connectivity index (χ3n) is 4.76. The SMILES string of the molecule is O=C(NC1CCc2[nH]c3cc(F)ccc3c2C1)c1ccc(F)c(F)c1F. The van der Waals surface area contributed by atoms with Crippen molar-refractivity contribution in [1.29, 1.82) is 0 Å². The van der Waals surface area contributed by atoms with Crippen molar-refractivity contribution in [1.82, 2.24) is 10.3 Å². The minimum Gasteiger partial charge on any atom is -0.358 e. The zero-order chi connectivity index (χ0) is 18.4. The van der Waals surface area contributed by atoms with Crippen LogP contribution in [0.2, 0.25) is 0 Å². The monoisotopic (exact) mass is 362 g/mol. The van der Waals surface area contributed by atoms with Crippen LogP contribution in [-0.2, 0) is 12.8 Å². The smallest absolute Gasteiger partial charge is 0.254 e. The summed E-state index contributed by atoms with van der Waals surface area (Å²) in [5.41, 5.74) is 2.11. The number of halogens is 4. The molecule has 0 spiro atoms. The molecule has 1 aromatic heterocycles. The van der Waals surface area contributed by atoms with Crippen molar-refractivity contribution in [2.45, 2.75) is 25.3 Å². The summed E-state index contributed by atoms with van der Waals surface area (Å²) in [7, 11) is 0. The summed E-state index contributed by atoms with van der Waals surface area (Å²) in [5.74, 6) is -5.63. The molecule has 1 atom stereocenters. The van der Waals surface area contributed by atoms with Gasteiger partial charge in [0.15, 0.2) is 17.5 Å². The molecular formula is C19H14F4N2O.